The summed E-state index contributed by atoms with van der Waals surface area (Å²) in [6.45, 7) is 3.58. The minimum Gasteiger partial charge on any atom is -0.383 e. The number of aromatic nitrogens is 2. The van der Waals surface area contributed by atoms with Crippen LogP contribution < -0.4 is 5.73 Å². The second-order valence-electron chi connectivity index (χ2n) is 4.11. The number of benzene rings is 1. The molecule has 2 aromatic rings. The lowest BCUT2D eigenvalue weighted by Gasteiger charge is -2.14. The van der Waals surface area contributed by atoms with E-state index >= 15 is 0 Å². The molecule has 0 saturated heterocycles. The van der Waals surface area contributed by atoms with Crippen LogP contribution in [-0.4, -0.2) is 9.78 Å². The smallest absolute Gasteiger partial charge is 0.137 e. The molecular weight excluding hydrogens is 304 g/mol. The highest BCUT2D eigenvalue weighted by atomic mass is 79.9. The van der Waals surface area contributed by atoms with E-state index in [2.05, 4.69) is 21.0 Å². The summed E-state index contributed by atoms with van der Waals surface area (Å²) in [7, 11) is 0. The van der Waals surface area contributed by atoms with Crippen LogP contribution in [0.25, 0.3) is 0 Å². The van der Waals surface area contributed by atoms with Crippen LogP contribution in [0.15, 0.2) is 22.7 Å². The molecule has 0 aliphatic heterocycles. The van der Waals surface area contributed by atoms with Crippen LogP contribution in [0.5, 0.6) is 0 Å². The van der Waals surface area contributed by atoms with Crippen LogP contribution in [-0.2, 0) is 0 Å². The lowest BCUT2D eigenvalue weighted by molar-refractivity contribution is 0.542. The number of nitrogens with zero attached hydrogens (tertiary/aromatic N) is 2. The maximum atomic E-state index is 13.2. The van der Waals surface area contributed by atoms with Crippen LogP contribution in [0.3, 0.4) is 0 Å². The average Bonchev–Trinajstić information content (AvgIpc) is 2.55. The van der Waals surface area contributed by atoms with Crippen molar-refractivity contribution in [1.29, 1.82) is 0 Å². The highest BCUT2D eigenvalue weighted by molar-refractivity contribution is 9.10. The minimum atomic E-state index is -0.613. The molecule has 0 radical (unpaired) electrons. The molecule has 96 valence electrons. The van der Waals surface area contributed by atoms with Crippen LogP contribution in [0, 0.1) is 18.6 Å². The molecule has 1 unspecified atom stereocenters. The van der Waals surface area contributed by atoms with Gasteiger partial charge < -0.3 is 5.73 Å². The number of halogens is 3. The first kappa shape index (κ1) is 13.0. The van der Waals surface area contributed by atoms with Gasteiger partial charge in [0.25, 0.3) is 0 Å². The van der Waals surface area contributed by atoms with E-state index in [-0.39, 0.29) is 6.04 Å². The summed E-state index contributed by atoms with van der Waals surface area (Å²) in [5.74, 6) is -0.790. The van der Waals surface area contributed by atoms with Gasteiger partial charge in [0.05, 0.1) is 16.2 Å². The number of rotatable bonds is 2. The Labute approximate surface area is 112 Å². The van der Waals surface area contributed by atoms with E-state index in [4.69, 9.17) is 5.73 Å². The van der Waals surface area contributed by atoms with Gasteiger partial charge in [-0.25, -0.2) is 13.5 Å². The van der Waals surface area contributed by atoms with Crippen LogP contribution >= 0.6 is 15.9 Å². The molecule has 0 bridgehead atoms. The topological polar surface area (TPSA) is 43.8 Å². The predicted octanol–water partition coefficient (Wildman–Crippen LogP) is 3.42. The molecule has 6 heteroatoms. The zero-order valence-corrected chi connectivity index (χ0v) is 11.5. The zero-order chi connectivity index (χ0) is 13.4. The lowest BCUT2D eigenvalue weighted by Crippen LogP contribution is -2.12. The zero-order valence-electron chi connectivity index (χ0n) is 9.92. The number of hydrogen-bond donors (Lipinski definition) is 1. The van der Waals surface area contributed by atoms with Gasteiger partial charge in [0.2, 0.25) is 0 Å². The number of anilines is 1. The molecule has 2 rings (SSSR count). The third-order valence-corrected chi connectivity index (χ3v) is 3.76. The maximum Gasteiger partial charge on any atom is 0.137 e. The third-order valence-electron chi connectivity index (χ3n) is 2.78. The molecule has 0 fully saturated rings. The molecule has 2 N–H and O–H groups in total. The first-order chi connectivity index (χ1) is 8.40. The molecule has 0 saturated carbocycles. The van der Waals surface area contributed by atoms with Crippen molar-refractivity contribution in [3.63, 3.8) is 0 Å². The number of aryl methyl sites for hydroxylation is 1. The van der Waals surface area contributed by atoms with E-state index in [1.807, 2.05) is 0 Å². The monoisotopic (exact) mass is 315 g/mol. The van der Waals surface area contributed by atoms with Crippen molar-refractivity contribution in [2.24, 2.45) is 0 Å². The van der Waals surface area contributed by atoms with E-state index < -0.39 is 11.6 Å². The van der Waals surface area contributed by atoms with Crippen molar-refractivity contribution < 1.29 is 8.78 Å². The fourth-order valence-corrected chi connectivity index (χ4v) is 2.06. The van der Waals surface area contributed by atoms with Crippen molar-refractivity contribution in [1.82, 2.24) is 9.78 Å². The predicted molar refractivity (Wildman–Crippen MR) is 69.2 cm³/mol. The molecule has 0 aliphatic rings. The summed E-state index contributed by atoms with van der Waals surface area (Å²) in [5.41, 5.74) is 7.10. The van der Waals surface area contributed by atoms with Crippen molar-refractivity contribution in [2.45, 2.75) is 19.9 Å². The van der Waals surface area contributed by atoms with E-state index in [1.165, 1.54) is 16.8 Å². The molecule has 0 amide bonds. The van der Waals surface area contributed by atoms with E-state index in [0.717, 1.165) is 11.8 Å². The Morgan fingerprint density at radius 2 is 1.83 bits per heavy atom. The molecule has 0 aliphatic carbocycles. The molecule has 1 heterocycles. The van der Waals surface area contributed by atoms with E-state index in [9.17, 15) is 8.78 Å². The van der Waals surface area contributed by atoms with Gasteiger partial charge in [-0.3, -0.25) is 0 Å². The van der Waals surface area contributed by atoms with Gasteiger partial charge in [0.1, 0.15) is 17.5 Å². The molecule has 1 aromatic heterocycles. The van der Waals surface area contributed by atoms with Gasteiger partial charge in [-0.05, 0) is 47.5 Å². The maximum absolute atomic E-state index is 13.2. The molecule has 18 heavy (non-hydrogen) atoms. The SMILES string of the molecule is Cc1nn(C(C)c2cc(F)cc(F)c2)c(N)c1Br. The lowest BCUT2D eigenvalue weighted by atomic mass is 10.1. The summed E-state index contributed by atoms with van der Waals surface area (Å²) < 4.78 is 28.6. The normalized spacial score (nSPS) is 12.7. The molecule has 0 spiro atoms. The van der Waals surface area contributed by atoms with Crippen LogP contribution in [0.2, 0.25) is 0 Å². The fourth-order valence-electron chi connectivity index (χ4n) is 1.80. The molecular formula is C12H12BrF2N3. The molecule has 1 aromatic carbocycles. The summed E-state index contributed by atoms with van der Waals surface area (Å²) in [6, 6.07) is 3.04. The Kier molecular flexibility index (Phi) is 3.38. The Balaban J connectivity index is 2.47. The summed E-state index contributed by atoms with van der Waals surface area (Å²) in [5, 5.41) is 4.25. The Bertz CT molecular complexity index is 575. The van der Waals surface area contributed by atoms with Crippen LogP contribution in [0.1, 0.15) is 24.2 Å². The second kappa shape index (κ2) is 4.68. The first-order valence-corrected chi connectivity index (χ1v) is 6.15. The van der Waals surface area contributed by atoms with Gasteiger partial charge in [-0.2, -0.15) is 5.10 Å². The molecule has 1 atom stereocenters. The highest BCUT2D eigenvalue weighted by Crippen LogP contribution is 2.29. The Morgan fingerprint density at radius 3 is 2.28 bits per heavy atom. The molecule has 3 nitrogen and oxygen atoms in total. The summed E-state index contributed by atoms with van der Waals surface area (Å²) in [6.07, 6.45) is 0. The largest absolute Gasteiger partial charge is 0.383 e. The Hall–Kier alpha value is -1.43. The quantitative estimate of drug-likeness (QED) is 0.922. The van der Waals surface area contributed by atoms with Crippen molar-refractivity contribution in [3.8, 4) is 0 Å². The second-order valence-corrected chi connectivity index (χ2v) is 4.90. The van der Waals surface area contributed by atoms with Crippen molar-refractivity contribution >= 4 is 21.7 Å². The fraction of sp³-hybridized carbons (Fsp3) is 0.250. The minimum absolute atomic E-state index is 0.347. The van der Waals surface area contributed by atoms with Crippen molar-refractivity contribution in [2.75, 3.05) is 5.73 Å². The Morgan fingerprint density at radius 1 is 1.28 bits per heavy atom. The average molecular weight is 316 g/mol. The summed E-state index contributed by atoms with van der Waals surface area (Å²) in [4.78, 5) is 0. The van der Waals surface area contributed by atoms with Crippen molar-refractivity contribution in [3.05, 3.63) is 45.6 Å². The standard InChI is InChI=1S/C12H12BrF2N3/c1-6-11(13)12(16)18(17-6)7(2)8-3-9(14)5-10(15)4-8/h3-5,7H,16H2,1-2H3. The van der Waals surface area contributed by atoms with Crippen LogP contribution in [0.4, 0.5) is 14.6 Å². The summed E-state index contributed by atoms with van der Waals surface area (Å²) >= 11 is 3.31. The van der Waals surface area contributed by atoms with E-state index in [1.54, 1.807) is 13.8 Å². The number of hydrogen-bond acceptors (Lipinski definition) is 2. The first-order valence-electron chi connectivity index (χ1n) is 5.36. The van der Waals surface area contributed by atoms with Gasteiger partial charge in [-0.15, -0.1) is 0 Å². The highest BCUT2D eigenvalue weighted by Gasteiger charge is 2.17. The van der Waals surface area contributed by atoms with E-state index in [0.29, 0.717) is 15.9 Å². The van der Waals surface area contributed by atoms with Gasteiger partial charge in [0.15, 0.2) is 0 Å². The number of nitrogen functional groups attached to an aromatic ring is 1. The van der Waals surface area contributed by atoms with Gasteiger partial charge in [0, 0.05) is 6.07 Å². The third kappa shape index (κ3) is 2.25. The van der Waals surface area contributed by atoms with Gasteiger partial charge >= 0.3 is 0 Å². The van der Waals surface area contributed by atoms with Gasteiger partial charge in [-0.1, -0.05) is 0 Å². The number of nitrogens with two attached hydrogens (primary N) is 1.